The van der Waals surface area contributed by atoms with E-state index in [1.807, 2.05) is 25.1 Å². The maximum absolute atomic E-state index is 11.6. The average molecular weight is 409 g/mol. The summed E-state index contributed by atoms with van der Waals surface area (Å²) in [5.41, 5.74) is 0.215. The minimum Gasteiger partial charge on any atom is -0.484 e. The minimum atomic E-state index is -0.541. The summed E-state index contributed by atoms with van der Waals surface area (Å²) in [6, 6.07) is 8.89. The van der Waals surface area contributed by atoms with Gasteiger partial charge in [0, 0.05) is 42.2 Å². The molecule has 1 aromatic heterocycles. The van der Waals surface area contributed by atoms with Gasteiger partial charge in [0.2, 0.25) is 5.88 Å². The van der Waals surface area contributed by atoms with Crippen LogP contribution in [-0.2, 0) is 11.8 Å². The molecule has 1 aliphatic rings. The van der Waals surface area contributed by atoms with Crippen LogP contribution in [0.2, 0.25) is 0 Å². The molecule has 2 aromatic rings. The average Bonchev–Trinajstić information content (AvgIpc) is 2.56. The molecule has 0 spiro atoms. The van der Waals surface area contributed by atoms with Crippen molar-refractivity contribution in [2.24, 2.45) is 13.0 Å². The van der Waals surface area contributed by atoms with Crippen LogP contribution in [0.4, 0.5) is 0 Å². The van der Waals surface area contributed by atoms with Crippen molar-refractivity contribution in [3.05, 3.63) is 50.7 Å². The molecule has 1 aromatic carbocycles. The third-order valence-corrected chi connectivity index (χ3v) is 5.15. The van der Waals surface area contributed by atoms with E-state index in [1.54, 1.807) is 20.2 Å². The van der Waals surface area contributed by atoms with Crippen LogP contribution in [0.15, 0.2) is 39.6 Å². The zero-order valence-electron chi connectivity index (χ0n) is 14.7. The predicted molar refractivity (Wildman–Crippen MR) is 97.1 cm³/mol. The highest BCUT2D eigenvalue weighted by Crippen LogP contribution is 2.46. The number of hydrogen-bond acceptors (Lipinski definition) is 5. The number of ether oxygens (including phenoxy) is 3. The molecule has 3 unspecified atom stereocenters. The van der Waals surface area contributed by atoms with Gasteiger partial charge in [0.1, 0.15) is 17.5 Å². The molecule has 7 heteroatoms. The fourth-order valence-electron chi connectivity index (χ4n) is 3.06. The molecular weight excluding hydrogens is 388 g/mol. The Labute approximate surface area is 154 Å². The van der Waals surface area contributed by atoms with Gasteiger partial charge in [-0.1, -0.05) is 22.9 Å². The quantitative estimate of drug-likeness (QED) is 0.777. The van der Waals surface area contributed by atoms with Crippen molar-refractivity contribution in [1.29, 1.82) is 0 Å². The van der Waals surface area contributed by atoms with Gasteiger partial charge in [-0.15, -0.1) is 5.10 Å². The first-order chi connectivity index (χ1) is 11.8. The summed E-state index contributed by atoms with van der Waals surface area (Å²) in [5.74, 6) is 1.15. The highest BCUT2D eigenvalue weighted by Gasteiger charge is 2.46. The zero-order chi connectivity index (χ0) is 18.2. The number of fused-ring (bicyclic) bond motifs is 1. The second-order valence-corrected chi connectivity index (χ2v) is 7.41. The Kier molecular flexibility index (Phi) is 4.88. The van der Waals surface area contributed by atoms with E-state index in [4.69, 9.17) is 14.2 Å². The number of methoxy groups -OCH3 is 1. The first kappa shape index (κ1) is 17.9. The lowest BCUT2D eigenvalue weighted by Gasteiger charge is -2.44. The van der Waals surface area contributed by atoms with Crippen molar-refractivity contribution in [2.75, 3.05) is 13.7 Å². The van der Waals surface area contributed by atoms with Gasteiger partial charge in [-0.2, -0.15) is 0 Å². The Hall–Kier alpha value is -1.86. The molecular formula is C18H21BrN2O4. The largest absolute Gasteiger partial charge is 0.484 e. The Balaban J connectivity index is 2.03. The Morgan fingerprint density at radius 2 is 2.12 bits per heavy atom. The van der Waals surface area contributed by atoms with Crippen LogP contribution in [0.25, 0.3) is 0 Å². The minimum absolute atomic E-state index is 0.00622. The van der Waals surface area contributed by atoms with E-state index < -0.39 is 5.60 Å². The normalized spacial score (nSPS) is 25.2. The van der Waals surface area contributed by atoms with E-state index in [0.717, 1.165) is 15.8 Å². The summed E-state index contributed by atoms with van der Waals surface area (Å²) in [6.07, 6.45) is -0.286. The van der Waals surface area contributed by atoms with Crippen molar-refractivity contribution in [2.45, 2.75) is 25.6 Å². The molecule has 6 nitrogen and oxygen atoms in total. The highest BCUT2D eigenvalue weighted by atomic mass is 79.9. The van der Waals surface area contributed by atoms with E-state index in [-0.39, 0.29) is 17.6 Å². The molecule has 0 aliphatic carbocycles. The lowest BCUT2D eigenvalue weighted by atomic mass is 9.80. The van der Waals surface area contributed by atoms with Crippen LogP contribution in [0, 0.1) is 5.92 Å². The Bertz CT molecular complexity index is 838. The van der Waals surface area contributed by atoms with Crippen LogP contribution < -0.4 is 15.0 Å². The Morgan fingerprint density at radius 3 is 2.80 bits per heavy atom. The second kappa shape index (κ2) is 6.80. The number of aromatic nitrogens is 2. The van der Waals surface area contributed by atoms with Gasteiger partial charge in [0.25, 0.3) is 5.56 Å². The van der Waals surface area contributed by atoms with Crippen molar-refractivity contribution in [3.8, 4) is 11.6 Å². The first-order valence-electron chi connectivity index (χ1n) is 8.02. The van der Waals surface area contributed by atoms with E-state index in [1.165, 1.54) is 10.7 Å². The smallest absolute Gasteiger partial charge is 0.266 e. The molecule has 0 saturated carbocycles. The van der Waals surface area contributed by atoms with Gasteiger partial charge < -0.3 is 14.2 Å². The van der Waals surface area contributed by atoms with Gasteiger partial charge in [0.15, 0.2) is 0 Å². The number of nitrogens with zero attached hydrogens (tertiary/aromatic N) is 2. The predicted octanol–water partition coefficient (Wildman–Crippen LogP) is 3.10. The van der Waals surface area contributed by atoms with Gasteiger partial charge in [-0.25, -0.2) is 4.68 Å². The fourth-order valence-corrected chi connectivity index (χ4v) is 3.43. The molecule has 1 aliphatic heterocycles. The van der Waals surface area contributed by atoms with Gasteiger partial charge >= 0.3 is 0 Å². The topological polar surface area (TPSA) is 62.6 Å². The van der Waals surface area contributed by atoms with E-state index in [2.05, 4.69) is 28.0 Å². The summed E-state index contributed by atoms with van der Waals surface area (Å²) in [6.45, 7) is 4.51. The maximum atomic E-state index is 11.6. The third-order valence-electron chi connectivity index (χ3n) is 4.65. The molecule has 0 fully saturated rings. The zero-order valence-corrected chi connectivity index (χ0v) is 16.2. The van der Waals surface area contributed by atoms with Crippen LogP contribution >= 0.6 is 15.9 Å². The number of aryl methyl sites for hydroxylation is 1. The van der Waals surface area contributed by atoms with Crippen LogP contribution in [0.5, 0.6) is 11.6 Å². The lowest BCUT2D eigenvalue weighted by Crippen LogP contribution is -2.50. The lowest BCUT2D eigenvalue weighted by molar-refractivity contribution is -0.0869. The molecule has 0 N–H and O–H groups in total. The van der Waals surface area contributed by atoms with Crippen LogP contribution in [-0.4, -0.2) is 29.1 Å². The molecule has 2 heterocycles. The van der Waals surface area contributed by atoms with Gasteiger partial charge in [-0.05, 0) is 25.1 Å². The summed E-state index contributed by atoms with van der Waals surface area (Å²) in [5, 5.41) is 4.19. The first-order valence-corrected chi connectivity index (χ1v) is 8.82. The molecule has 0 bridgehead atoms. The molecule has 0 radical (unpaired) electrons. The molecule has 3 rings (SSSR count). The van der Waals surface area contributed by atoms with E-state index >= 15 is 0 Å². The maximum Gasteiger partial charge on any atom is 0.266 e. The SMILES string of the molecule is COCC1(C)Oc2ccc(Br)cc2C(Oc2ccc(=O)n(C)n2)C1C. The standard InChI is InChI=1S/C18H21BrN2O4/c1-11-17(24-15-7-8-16(22)21(3)20-15)13-9-12(19)5-6-14(13)25-18(11,2)10-23-4/h5-9,11,17H,10H2,1-4H3. The number of benzene rings is 1. The highest BCUT2D eigenvalue weighted by molar-refractivity contribution is 9.10. The summed E-state index contributed by atoms with van der Waals surface area (Å²) >= 11 is 3.51. The molecule has 3 atom stereocenters. The van der Waals surface area contributed by atoms with Crippen molar-refractivity contribution >= 4 is 15.9 Å². The summed E-state index contributed by atoms with van der Waals surface area (Å²) in [4.78, 5) is 11.6. The molecule has 0 saturated heterocycles. The number of rotatable bonds is 4. The van der Waals surface area contributed by atoms with Crippen LogP contribution in [0.3, 0.4) is 0 Å². The molecule has 0 amide bonds. The number of hydrogen-bond donors (Lipinski definition) is 0. The van der Waals surface area contributed by atoms with Crippen molar-refractivity contribution < 1.29 is 14.2 Å². The fraction of sp³-hybridized carbons (Fsp3) is 0.444. The third kappa shape index (κ3) is 3.43. The van der Waals surface area contributed by atoms with E-state index in [0.29, 0.717) is 12.5 Å². The second-order valence-electron chi connectivity index (χ2n) is 6.49. The van der Waals surface area contributed by atoms with Gasteiger partial charge in [-0.3, -0.25) is 4.79 Å². The van der Waals surface area contributed by atoms with E-state index in [9.17, 15) is 4.79 Å². The van der Waals surface area contributed by atoms with Crippen molar-refractivity contribution in [1.82, 2.24) is 9.78 Å². The van der Waals surface area contributed by atoms with Crippen LogP contribution in [0.1, 0.15) is 25.5 Å². The number of halogens is 1. The molecule has 134 valence electrons. The van der Waals surface area contributed by atoms with Gasteiger partial charge in [0.05, 0.1) is 6.61 Å². The summed E-state index contributed by atoms with van der Waals surface area (Å²) in [7, 11) is 3.25. The Morgan fingerprint density at radius 1 is 1.36 bits per heavy atom. The van der Waals surface area contributed by atoms with Crippen molar-refractivity contribution in [3.63, 3.8) is 0 Å². The molecule has 25 heavy (non-hydrogen) atoms. The summed E-state index contributed by atoms with van der Waals surface area (Å²) < 4.78 is 20.0. The monoisotopic (exact) mass is 408 g/mol.